The molecule has 0 N–H and O–H groups in total. The van der Waals surface area contributed by atoms with Crippen molar-refractivity contribution in [3.05, 3.63) is 67.3 Å². The van der Waals surface area contributed by atoms with E-state index >= 15 is 0 Å². The van der Waals surface area contributed by atoms with Crippen molar-refractivity contribution in [2.24, 2.45) is 0 Å². The molecule has 0 aliphatic rings. The molecule has 20 heavy (non-hydrogen) atoms. The largest absolute Gasteiger partial charge is 0.127 e. The molecule has 1 heterocycles. The molecule has 0 saturated heterocycles. The number of thiophene rings is 1. The van der Waals surface area contributed by atoms with Crippen LogP contribution in [0.4, 0.5) is 0 Å². The molecule has 102 valence electrons. The molecule has 0 fully saturated rings. The van der Waals surface area contributed by atoms with Gasteiger partial charge in [-0.1, -0.05) is 61.7 Å². The van der Waals surface area contributed by atoms with Gasteiger partial charge in [0.25, 0.3) is 0 Å². The summed E-state index contributed by atoms with van der Waals surface area (Å²) in [4.78, 5) is 1.43. The third-order valence-corrected chi connectivity index (χ3v) is 6.68. The summed E-state index contributed by atoms with van der Waals surface area (Å²) in [5.41, 5.74) is 2.39. The Morgan fingerprint density at radius 2 is 1.75 bits per heavy atom. The maximum Gasteiger partial charge on any atom is 0.0960 e. The number of aryl methyl sites for hydroxylation is 1. The Hall–Kier alpha value is -0.350. The smallest absolute Gasteiger partial charge is 0.0960 e. The molecule has 1 unspecified atom stereocenters. The summed E-state index contributed by atoms with van der Waals surface area (Å²) in [5.74, 6) is 0. The molecule has 0 aliphatic heterocycles. The highest BCUT2D eigenvalue weighted by molar-refractivity contribution is 9.10. The average Bonchev–Trinajstić information content (AvgIpc) is 2.77. The lowest BCUT2D eigenvalue weighted by molar-refractivity contribution is 1.23. The first-order valence-electron chi connectivity index (χ1n) is 6.14. The predicted molar refractivity (Wildman–Crippen MR) is 96.5 cm³/mol. The Labute approximate surface area is 144 Å². The van der Waals surface area contributed by atoms with Crippen LogP contribution in [-0.2, 0) is 0 Å². The molecule has 2 aromatic carbocycles. The van der Waals surface area contributed by atoms with Gasteiger partial charge in [0.2, 0.25) is 0 Å². The monoisotopic (exact) mass is 428 g/mol. The normalized spacial score (nSPS) is 12.8. The van der Waals surface area contributed by atoms with Crippen LogP contribution in [0.5, 0.6) is 0 Å². The minimum Gasteiger partial charge on any atom is -0.127 e. The van der Waals surface area contributed by atoms with Crippen LogP contribution in [0.3, 0.4) is 0 Å². The van der Waals surface area contributed by atoms with Crippen LogP contribution in [0, 0.1) is 6.92 Å². The lowest BCUT2D eigenvalue weighted by atomic mass is 10.0. The van der Waals surface area contributed by atoms with Crippen molar-refractivity contribution in [2.75, 3.05) is 0 Å². The van der Waals surface area contributed by atoms with E-state index in [0.717, 1.165) is 14.4 Å². The quantitative estimate of drug-likeness (QED) is 0.380. The Balaban J connectivity index is 2.03. The summed E-state index contributed by atoms with van der Waals surface area (Å²) >= 11 is 15.1. The first-order valence-corrected chi connectivity index (χ1v) is 9.04. The van der Waals surface area contributed by atoms with Gasteiger partial charge < -0.3 is 0 Å². The fourth-order valence-corrected chi connectivity index (χ4v) is 4.47. The van der Waals surface area contributed by atoms with Gasteiger partial charge in [-0.25, -0.2) is 0 Å². The van der Waals surface area contributed by atoms with Gasteiger partial charge in [-0.3, -0.25) is 0 Å². The topological polar surface area (TPSA) is 0 Å². The van der Waals surface area contributed by atoms with Crippen LogP contribution >= 0.6 is 54.8 Å². The van der Waals surface area contributed by atoms with E-state index in [2.05, 4.69) is 74.3 Å². The number of fused-ring (bicyclic) bond motifs is 1. The van der Waals surface area contributed by atoms with Gasteiger partial charge in [0.05, 0.1) is 9.16 Å². The zero-order valence-electron chi connectivity index (χ0n) is 10.7. The van der Waals surface area contributed by atoms with Crippen molar-refractivity contribution in [3.8, 4) is 0 Å². The molecule has 0 spiro atoms. The second-order valence-electron chi connectivity index (χ2n) is 4.72. The number of hydrogen-bond acceptors (Lipinski definition) is 1. The van der Waals surface area contributed by atoms with Crippen molar-refractivity contribution < 1.29 is 0 Å². The van der Waals surface area contributed by atoms with Crippen LogP contribution in [0.2, 0.25) is 4.34 Å². The zero-order valence-corrected chi connectivity index (χ0v) is 15.4. The highest BCUT2D eigenvalue weighted by Crippen LogP contribution is 2.39. The molecule has 1 aromatic heterocycles. The van der Waals surface area contributed by atoms with Crippen molar-refractivity contribution >= 4 is 65.6 Å². The van der Waals surface area contributed by atoms with Crippen LogP contribution < -0.4 is 0 Å². The predicted octanol–water partition coefficient (Wildman–Crippen LogP) is 7.11. The van der Waals surface area contributed by atoms with Gasteiger partial charge in [0, 0.05) is 9.35 Å². The third-order valence-electron chi connectivity index (χ3n) is 3.25. The van der Waals surface area contributed by atoms with Gasteiger partial charge in [-0.05, 0) is 53.1 Å². The lowest BCUT2D eigenvalue weighted by Gasteiger charge is -2.09. The molecule has 3 rings (SSSR count). The van der Waals surface area contributed by atoms with Crippen LogP contribution in [0.15, 0.2) is 46.9 Å². The first-order chi connectivity index (χ1) is 9.54. The summed E-state index contributed by atoms with van der Waals surface area (Å²) < 4.78 is 1.97. The molecule has 0 amide bonds. The molecule has 0 saturated carbocycles. The summed E-state index contributed by atoms with van der Waals surface area (Å²) in [6.07, 6.45) is 0. The van der Waals surface area contributed by atoms with E-state index in [4.69, 9.17) is 11.6 Å². The second-order valence-corrected chi connectivity index (χ2v) is 8.24. The summed E-state index contributed by atoms with van der Waals surface area (Å²) in [6, 6.07) is 15.0. The van der Waals surface area contributed by atoms with E-state index in [1.807, 2.05) is 6.92 Å². The fourth-order valence-electron chi connectivity index (χ4n) is 2.17. The minimum absolute atomic E-state index is 0.187. The molecule has 0 nitrogen and oxygen atoms in total. The van der Waals surface area contributed by atoms with Gasteiger partial charge in [-0.2, -0.15) is 0 Å². The summed E-state index contributed by atoms with van der Waals surface area (Å²) in [7, 11) is 0. The number of hydrogen-bond donors (Lipinski definition) is 0. The van der Waals surface area contributed by atoms with E-state index in [9.17, 15) is 0 Å². The SMILES string of the molecule is Cc1cc(C(Br)c2ccc3cc(Br)ccc3c2)sc1Cl. The van der Waals surface area contributed by atoms with Gasteiger partial charge in [0.1, 0.15) is 0 Å². The number of benzene rings is 2. The molecule has 0 bridgehead atoms. The zero-order chi connectivity index (χ0) is 14.3. The Morgan fingerprint density at radius 3 is 2.45 bits per heavy atom. The lowest BCUT2D eigenvalue weighted by Crippen LogP contribution is -1.89. The van der Waals surface area contributed by atoms with E-state index in [1.54, 1.807) is 11.3 Å². The Morgan fingerprint density at radius 1 is 1.05 bits per heavy atom. The van der Waals surface area contributed by atoms with Crippen molar-refractivity contribution in [1.82, 2.24) is 0 Å². The number of rotatable bonds is 2. The van der Waals surface area contributed by atoms with Gasteiger partial charge >= 0.3 is 0 Å². The first kappa shape index (κ1) is 14.6. The molecular weight excluding hydrogens is 420 g/mol. The standard InChI is InChI=1S/C16H11Br2ClS/c1-9-6-14(20-16(9)19)15(18)12-3-2-11-8-13(17)5-4-10(11)7-12/h2-8,15H,1H3. The van der Waals surface area contributed by atoms with Crippen LogP contribution in [0.25, 0.3) is 10.8 Å². The van der Waals surface area contributed by atoms with Crippen molar-refractivity contribution in [1.29, 1.82) is 0 Å². The van der Waals surface area contributed by atoms with Gasteiger partial charge in [0.15, 0.2) is 0 Å². The van der Waals surface area contributed by atoms with E-state index in [-0.39, 0.29) is 4.83 Å². The summed E-state index contributed by atoms with van der Waals surface area (Å²) in [5, 5.41) is 2.48. The number of alkyl halides is 1. The molecule has 4 heteroatoms. The fraction of sp³-hybridized carbons (Fsp3) is 0.125. The molecule has 3 aromatic rings. The molecule has 1 atom stereocenters. The molecule has 0 aliphatic carbocycles. The van der Waals surface area contributed by atoms with E-state index < -0.39 is 0 Å². The minimum atomic E-state index is 0.187. The van der Waals surface area contributed by atoms with Crippen LogP contribution in [-0.4, -0.2) is 0 Å². The molecular formula is C16H11Br2ClS. The van der Waals surface area contributed by atoms with Crippen LogP contribution in [0.1, 0.15) is 20.8 Å². The van der Waals surface area contributed by atoms with Crippen molar-refractivity contribution in [2.45, 2.75) is 11.8 Å². The maximum absolute atomic E-state index is 6.17. The Bertz CT molecular complexity index is 760. The average molecular weight is 431 g/mol. The highest BCUT2D eigenvalue weighted by atomic mass is 79.9. The maximum atomic E-state index is 6.17. The van der Waals surface area contributed by atoms with E-state index in [0.29, 0.717) is 0 Å². The number of halogens is 3. The molecule has 0 radical (unpaired) electrons. The van der Waals surface area contributed by atoms with Gasteiger partial charge in [-0.15, -0.1) is 11.3 Å². The van der Waals surface area contributed by atoms with E-state index in [1.165, 1.54) is 21.2 Å². The highest BCUT2D eigenvalue weighted by Gasteiger charge is 2.15. The summed E-state index contributed by atoms with van der Waals surface area (Å²) in [6.45, 7) is 2.04. The van der Waals surface area contributed by atoms with Crippen molar-refractivity contribution in [3.63, 3.8) is 0 Å². The second kappa shape index (κ2) is 5.80. The Kier molecular flexibility index (Phi) is 4.23. The third kappa shape index (κ3) is 2.82.